The lowest BCUT2D eigenvalue weighted by atomic mass is 10.0. The summed E-state index contributed by atoms with van der Waals surface area (Å²) in [6, 6.07) is 10.4. The number of alkyl halides is 6. The number of nitrogens with zero attached hydrogens (tertiary/aromatic N) is 1. The molecular formula is C20H16F6N2O. The number of hydrogen-bond donors (Lipinski definition) is 1. The standard InChI is InChI=1S/C20H16F6N2O/c21-19(22,23)15-10-14(11-16(12-15)20(24,25)26)18(29)27-7-3-8-28-9-6-13-4-1-2-5-17(13)28/h1-2,4-6,9-12H,3,7-8H2,(H,27,29). The lowest BCUT2D eigenvalue weighted by molar-refractivity contribution is -0.143. The number of amides is 1. The van der Waals surface area contributed by atoms with Crippen LogP contribution >= 0.6 is 0 Å². The van der Waals surface area contributed by atoms with Gasteiger partial charge in [0.1, 0.15) is 0 Å². The number of hydrogen-bond acceptors (Lipinski definition) is 1. The number of fused-ring (bicyclic) bond motifs is 1. The largest absolute Gasteiger partial charge is 0.416 e. The summed E-state index contributed by atoms with van der Waals surface area (Å²) in [5, 5.41) is 3.42. The topological polar surface area (TPSA) is 34.0 Å². The summed E-state index contributed by atoms with van der Waals surface area (Å²) in [5.74, 6) is -0.987. The second kappa shape index (κ2) is 7.81. The van der Waals surface area contributed by atoms with Crippen molar-refractivity contribution in [2.45, 2.75) is 25.3 Å². The average molecular weight is 414 g/mol. The van der Waals surface area contributed by atoms with Gasteiger partial charge in [-0.05, 0) is 42.1 Å². The van der Waals surface area contributed by atoms with Gasteiger partial charge in [-0.2, -0.15) is 26.3 Å². The van der Waals surface area contributed by atoms with Crippen LogP contribution in [0, 0.1) is 0 Å². The molecule has 0 aliphatic rings. The van der Waals surface area contributed by atoms with Crippen LogP contribution in [-0.2, 0) is 18.9 Å². The van der Waals surface area contributed by atoms with Crippen LogP contribution in [0.25, 0.3) is 10.9 Å². The Bertz CT molecular complexity index is 987. The third-order valence-electron chi connectivity index (χ3n) is 4.39. The van der Waals surface area contributed by atoms with E-state index in [1.54, 1.807) is 0 Å². The molecular weight excluding hydrogens is 398 g/mol. The predicted molar refractivity (Wildman–Crippen MR) is 95.3 cm³/mol. The van der Waals surface area contributed by atoms with Gasteiger partial charge in [-0.15, -0.1) is 0 Å². The van der Waals surface area contributed by atoms with E-state index in [4.69, 9.17) is 0 Å². The molecule has 154 valence electrons. The van der Waals surface area contributed by atoms with Gasteiger partial charge in [-0.1, -0.05) is 18.2 Å². The van der Waals surface area contributed by atoms with E-state index in [0.717, 1.165) is 10.9 Å². The van der Waals surface area contributed by atoms with E-state index >= 15 is 0 Å². The van der Waals surface area contributed by atoms with E-state index in [0.29, 0.717) is 25.1 Å². The van der Waals surface area contributed by atoms with Crippen molar-refractivity contribution in [3.8, 4) is 0 Å². The fourth-order valence-corrected chi connectivity index (χ4v) is 2.97. The van der Waals surface area contributed by atoms with Gasteiger partial charge in [0.15, 0.2) is 0 Å². The number of aryl methyl sites for hydroxylation is 1. The minimum Gasteiger partial charge on any atom is -0.352 e. The van der Waals surface area contributed by atoms with E-state index in [1.807, 2.05) is 41.1 Å². The third-order valence-corrected chi connectivity index (χ3v) is 4.39. The molecule has 1 heterocycles. The quantitative estimate of drug-likeness (QED) is 0.434. The maximum Gasteiger partial charge on any atom is 0.416 e. The van der Waals surface area contributed by atoms with Gasteiger partial charge in [0.05, 0.1) is 11.1 Å². The summed E-state index contributed by atoms with van der Waals surface area (Å²) in [6.45, 7) is 0.632. The Morgan fingerprint density at radius 1 is 0.897 bits per heavy atom. The molecule has 3 aromatic rings. The number of nitrogens with one attached hydrogen (secondary N) is 1. The molecule has 0 aliphatic carbocycles. The van der Waals surface area contributed by atoms with Crippen LogP contribution < -0.4 is 5.32 Å². The monoisotopic (exact) mass is 414 g/mol. The second-order valence-electron chi connectivity index (χ2n) is 6.47. The Kier molecular flexibility index (Phi) is 5.59. The van der Waals surface area contributed by atoms with Crippen molar-refractivity contribution in [2.75, 3.05) is 6.54 Å². The number of para-hydroxylation sites is 1. The molecule has 0 fully saturated rings. The normalized spacial score (nSPS) is 12.3. The molecule has 0 radical (unpaired) electrons. The molecule has 0 unspecified atom stereocenters. The van der Waals surface area contributed by atoms with Crippen molar-refractivity contribution in [1.29, 1.82) is 0 Å². The van der Waals surface area contributed by atoms with Gasteiger partial charge in [0.25, 0.3) is 5.91 Å². The number of rotatable bonds is 5. The molecule has 0 saturated carbocycles. The molecule has 3 rings (SSSR count). The first kappa shape index (κ1) is 20.8. The van der Waals surface area contributed by atoms with Crippen LogP contribution in [0.1, 0.15) is 27.9 Å². The minimum absolute atomic E-state index is 0.00602. The van der Waals surface area contributed by atoms with Gasteiger partial charge < -0.3 is 9.88 Å². The van der Waals surface area contributed by atoms with Crippen molar-refractivity contribution < 1.29 is 31.1 Å². The van der Waals surface area contributed by atoms with Gasteiger partial charge in [-0.25, -0.2) is 0 Å². The molecule has 1 aromatic heterocycles. The molecule has 0 saturated heterocycles. The first-order valence-corrected chi connectivity index (χ1v) is 8.67. The van der Waals surface area contributed by atoms with E-state index in [-0.39, 0.29) is 12.6 Å². The van der Waals surface area contributed by atoms with Crippen LogP contribution in [0.5, 0.6) is 0 Å². The zero-order chi connectivity index (χ0) is 21.2. The Morgan fingerprint density at radius 3 is 2.14 bits per heavy atom. The molecule has 0 spiro atoms. The Morgan fingerprint density at radius 2 is 1.52 bits per heavy atom. The lowest BCUT2D eigenvalue weighted by Gasteiger charge is -2.14. The zero-order valence-corrected chi connectivity index (χ0v) is 14.9. The summed E-state index contributed by atoms with van der Waals surface area (Å²) < 4.78 is 79.3. The molecule has 29 heavy (non-hydrogen) atoms. The van der Waals surface area contributed by atoms with Crippen molar-refractivity contribution in [2.24, 2.45) is 0 Å². The number of carbonyl (C=O) groups is 1. The molecule has 1 N–H and O–H groups in total. The number of halogens is 6. The maximum atomic E-state index is 12.9. The van der Waals surface area contributed by atoms with Crippen molar-refractivity contribution >= 4 is 16.8 Å². The smallest absolute Gasteiger partial charge is 0.352 e. The summed E-state index contributed by atoms with van der Waals surface area (Å²) in [4.78, 5) is 12.1. The molecule has 9 heteroatoms. The Hall–Kier alpha value is -2.97. The molecule has 0 aliphatic heterocycles. The van der Waals surface area contributed by atoms with E-state index in [2.05, 4.69) is 5.32 Å². The molecule has 3 nitrogen and oxygen atoms in total. The first-order valence-electron chi connectivity index (χ1n) is 8.67. The number of aromatic nitrogens is 1. The van der Waals surface area contributed by atoms with E-state index in [1.165, 1.54) is 0 Å². The second-order valence-corrected chi connectivity index (χ2v) is 6.47. The summed E-state index contributed by atoms with van der Waals surface area (Å²) in [5.41, 5.74) is -2.72. The number of carbonyl (C=O) groups excluding carboxylic acids is 1. The highest BCUT2D eigenvalue weighted by atomic mass is 19.4. The maximum absolute atomic E-state index is 12.9. The van der Waals surface area contributed by atoms with Crippen LogP contribution in [0.2, 0.25) is 0 Å². The highest BCUT2D eigenvalue weighted by Gasteiger charge is 2.37. The minimum atomic E-state index is -4.99. The van der Waals surface area contributed by atoms with Crippen LogP contribution in [0.15, 0.2) is 54.7 Å². The number of benzene rings is 2. The molecule has 0 atom stereocenters. The van der Waals surface area contributed by atoms with Gasteiger partial charge >= 0.3 is 12.4 Å². The van der Waals surface area contributed by atoms with Gasteiger partial charge in [-0.3, -0.25) is 4.79 Å². The van der Waals surface area contributed by atoms with Crippen LogP contribution in [0.3, 0.4) is 0 Å². The first-order chi connectivity index (χ1) is 13.6. The van der Waals surface area contributed by atoms with Crippen LogP contribution in [0.4, 0.5) is 26.3 Å². The van der Waals surface area contributed by atoms with Gasteiger partial charge in [0.2, 0.25) is 0 Å². The lowest BCUT2D eigenvalue weighted by Crippen LogP contribution is -2.26. The zero-order valence-electron chi connectivity index (χ0n) is 14.9. The highest BCUT2D eigenvalue weighted by Crippen LogP contribution is 2.36. The van der Waals surface area contributed by atoms with E-state index in [9.17, 15) is 31.1 Å². The fraction of sp³-hybridized carbons (Fsp3) is 0.250. The fourth-order valence-electron chi connectivity index (χ4n) is 2.97. The summed E-state index contributed by atoms with van der Waals surface area (Å²) >= 11 is 0. The van der Waals surface area contributed by atoms with Gasteiger partial charge in [0, 0.05) is 30.4 Å². The molecule has 1 amide bonds. The van der Waals surface area contributed by atoms with Crippen molar-refractivity contribution in [3.63, 3.8) is 0 Å². The van der Waals surface area contributed by atoms with Crippen molar-refractivity contribution in [1.82, 2.24) is 9.88 Å². The summed E-state index contributed by atoms with van der Waals surface area (Å²) in [7, 11) is 0. The molecule has 2 aromatic carbocycles. The third kappa shape index (κ3) is 4.90. The summed E-state index contributed by atoms with van der Waals surface area (Å²) in [6.07, 6.45) is -7.66. The van der Waals surface area contributed by atoms with Crippen molar-refractivity contribution in [3.05, 3.63) is 71.4 Å². The Labute approximate surface area is 161 Å². The Balaban J connectivity index is 1.67. The SMILES string of the molecule is O=C(NCCCn1ccc2ccccc21)c1cc(C(F)(F)F)cc(C(F)(F)F)c1. The predicted octanol–water partition coefficient (Wildman–Crippen LogP) is 5.50. The molecule has 0 bridgehead atoms. The van der Waals surface area contributed by atoms with E-state index < -0.39 is 35.0 Å². The van der Waals surface area contributed by atoms with Crippen LogP contribution in [-0.4, -0.2) is 17.0 Å². The average Bonchev–Trinajstić information content (AvgIpc) is 3.06. The highest BCUT2D eigenvalue weighted by molar-refractivity contribution is 5.94.